The van der Waals surface area contributed by atoms with E-state index in [1.807, 2.05) is 0 Å². The van der Waals surface area contributed by atoms with Crippen LogP contribution < -0.4 is 5.32 Å². The van der Waals surface area contributed by atoms with Crippen molar-refractivity contribution in [3.63, 3.8) is 0 Å². The number of hydrogen-bond donors (Lipinski definition) is 1. The molecule has 0 unspecified atom stereocenters. The highest BCUT2D eigenvalue weighted by Crippen LogP contribution is 2.62. The van der Waals surface area contributed by atoms with Crippen LogP contribution in [0.5, 0.6) is 0 Å². The molecule has 36 heavy (non-hydrogen) atoms. The smallest absolute Gasteiger partial charge is 0.0755 e. The minimum Gasteiger partial charge on any atom is -0.354 e. The van der Waals surface area contributed by atoms with Crippen LogP contribution in [-0.4, -0.2) is 0 Å². The molecule has 0 bridgehead atoms. The summed E-state index contributed by atoms with van der Waals surface area (Å²) >= 11 is 4.94. The highest BCUT2D eigenvalue weighted by atomic mass is 127. The third-order valence-corrected chi connectivity index (χ3v) is 9.32. The van der Waals surface area contributed by atoms with Gasteiger partial charge >= 0.3 is 0 Å². The van der Waals surface area contributed by atoms with Crippen molar-refractivity contribution in [3.05, 3.63) is 139 Å². The molecule has 0 saturated carbocycles. The molecule has 6 aromatic rings. The van der Waals surface area contributed by atoms with Crippen molar-refractivity contribution in [2.75, 3.05) is 5.32 Å². The second-order valence-electron chi connectivity index (χ2n) is 9.67. The van der Waals surface area contributed by atoms with Gasteiger partial charge in [0, 0.05) is 17.9 Å². The predicted octanol–water partition coefficient (Wildman–Crippen LogP) is 9.62. The normalized spacial score (nSPS) is 14.3. The van der Waals surface area contributed by atoms with Gasteiger partial charge in [-0.2, -0.15) is 0 Å². The van der Waals surface area contributed by atoms with Crippen molar-refractivity contribution < 1.29 is 0 Å². The third-order valence-electron chi connectivity index (χ3n) is 7.98. The molecule has 0 amide bonds. The summed E-state index contributed by atoms with van der Waals surface area (Å²) in [6, 6.07) is 40.7. The van der Waals surface area contributed by atoms with Crippen LogP contribution in [0.2, 0.25) is 0 Å². The van der Waals surface area contributed by atoms with E-state index in [1.165, 1.54) is 73.4 Å². The number of nitrogens with one attached hydrogen (secondary N) is 1. The summed E-state index contributed by atoms with van der Waals surface area (Å²) in [7, 11) is 0. The summed E-state index contributed by atoms with van der Waals surface area (Å²) in [4.78, 5) is 0. The van der Waals surface area contributed by atoms with E-state index >= 15 is 0 Å². The van der Waals surface area contributed by atoms with Gasteiger partial charge in [0.15, 0.2) is 0 Å². The summed E-state index contributed by atoms with van der Waals surface area (Å²) in [6.45, 7) is 0. The van der Waals surface area contributed by atoms with Crippen LogP contribution in [0.3, 0.4) is 0 Å². The number of halogens is 2. The molecule has 170 valence electrons. The molecule has 1 nitrogen and oxygen atoms in total. The maximum Gasteiger partial charge on any atom is 0.0755 e. The first kappa shape index (κ1) is 21.2. The van der Waals surface area contributed by atoms with Gasteiger partial charge in [0.25, 0.3) is 0 Å². The van der Waals surface area contributed by atoms with Crippen LogP contribution in [-0.2, 0) is 5.41 Å². The lowest BCUT2D eigenvalue weighted by Crippen LogP contribution is -2.33. The average molecular weight is 683 g/mol. The minimum atomic E-state index is -0.392. The number of benzene rings is 6. The molecule has 2 aliphatic rings. The molecule has 0 radical (unpaired) electrons. The Morgan fingerprint density at radius 1 is 0.472 bits per heavy atom. The first-order chi connectivity index (χ1) is 17.7. The Kier molecular flexibility index (Phi) is 4.45. The van der Waals surface area contributed by atoms with Crippen molar-refractivity contribution >= 4 is 78.1 Å². The lowest BCUT2D eigenvalue weighted by Gasteiger charge is -2.41. The molecule has 1 aliphatic heterocycles. The topological polar surface area (TPSA) is 12.0 Å². The fraction of sp³-hybridized carbons (Fsp3) is 0.0303. The SMILES string of the molecule is Ic1ccc2c(c1)C1(c3cc(I)ccc3-2)c2ccc3ccccc3c2Nc2c1ccc1ccccc21. The maximum absolute atomic E-state index is 3.96. The van der Waals surface area contributed by atoms with E-state index in [0.29, 0.717) is 0 Å². The Hall–Kier alpha value is -2.90. The Morgan fingerprint density at radius 3 is 1.44 bits per heavy atom. The molecule has 1 heterocycles. The molecule has 1 spiro atoms. The number of rotatable bonds is 0. The van der Waals surface area contributed by atoms with E-state index in [-0.39, 0.29) is 0 Å². The zero-order valence-electron chi connectivity index (χ0n) is 19.1. The summed E-state index contributed by atoms with van der Waals surface area (Å²) in [6.07, 6.45) is 0. The van der Waals surface area contributed by atoms with E-state index in [2.05, 4.69) is 160 Å². The predicted molar refractivity (Wildman–Crippen MR) is 167 cm³/mol. The molecule has 0 atom stereocenters. The van der Waals surface area contributed by atoms with Gasteiger partial charge < -0.3 is 5.32 Å². The fourth-order valence-corrected chi connectivity index (χ4v) is 7.54. The summed E-state index contributed by atoms with van der Waals surface area (Å²) in [5.74, 6) is 0. The Bertz CT molecular complexity index is 1760. The van der Waals surface area contributed by atoms with E-state index in [0.717, 1.165) is 0 Å². The lowest BCUT2D eigenvalue weighted by molar-refractivity contribution is 0.765. The van der Waals surface area contributed by atoms with Gasteiger partial charge in [0.2, 0.25) is 0 Å². The van der Waals surface area contributed by atoms with Crippen LogP contribution >= 0.6 is 45.2 Å². The molecule has 0 fully saturated rings. The van der Waals surface area contributed by atoms with Gasteiger partial charge in [-0.3, -0.25) is 0 Å². The second-order valence-corrected chi connectivity index (χ2v) is 12.2. The summed E-state index contributed by atoms with van der Waals surface area (Å²) in [5.41, 5.74) is 10.1. The number of hydrogen-bond acceptors (Lipinski definition) is 1. The number of fused-ring (bicyclic) bond motifs is 13. The van der Waals surface area contributed by atoms with E-state index in [4.69, 9.17) is 0 Å². The highest BCUT2D eigenvalue weighted by Gasteiger charge is 2.51. The van der Waals surface area contributed by atoms with Crippen molar-refractivity contribution in [2.24, 2.45) is 0 Å². The fourth-order valence-electron chi connectivity index (χ4n) is 6.56. The maximum atomic E-state index is 3.96. The Morgan fingerprint density at radius 2 is 0.944 bits per heavy atom. The molecule has 0 saturated heterocycles. The Balaban J connectivity index is 1.64. The zero-order valence-corrected chi connectivity index (χ0v) is 23.5. The first-order valence-electron chi connectivity index (χ1n) is 12.1. The van der Waals surface area contributed by atoms with Gasteiger partial charge in [-0.15, -0.1) is 0 Å². The molecule has 1 aliphatic carbocycles. The van der Waals surface area contributed by atoms with Crippen molar-refractivity contribution in [1.82, 2.24) is 0 Å². The van der Waals surface area contributed by atoms with Crippen LogP contribution in [0.1, 0.15) is 22.3 Å². The van der Waals surface area contributed by atoms with Gasteiger partial charge in [-0.1, -0.05) is 84.9 Å². The van der Waals surface area contributed by atoms with Crippen molar-refractivity contribution in [2.45, 2.75) is 5.41 Å². The molecule has 6 aromatic carbocycles. The van der Waals surface area contributed by atoms with Crippen LogP contribution in [0.15, 0.2) is 109 Å². The molecule has 1 N–H and O–H groups in total. The molecule has 8 rings (SSSR count). The van der Waals surface area contributed by atoms with E-state index in [1.54, 1.807) is 0 Å². The quantitative estimate of drug-likeness (QED) is 0.157. The monoisotopic (exact) mass is 683 g/mol. The summed E-state index contributed by atoms with van der Waals surface area (Å²) in [5, 5.41) is 9.00. The second kappa shape index (κ2) is 7.56. The molecule has 3 heteroatoms. The number of anilines is 2. The van der Waals surface area contributed by atoms with E-state index in [9.17, 15) is 0 Å². The van der Waals surface area contributed by atoms with Crippen LogP contribution in [0.25, 0.3) is 32.7 Å². The third kappa shape index (κ3) is 2.65. The molecular weight excluding hydrogens is 664 g/mol. The van der Waals surface area contributed by atoms with Gasteiger partial charge in [-0.05, 0) is 114 Å². The molecule has 0 aromatic heterocycles. The van der Waals surface area contributed by atoms with Gasteiger partial charge in [0.1, 0.15) is 0 Å². The average Bonchev–Trinajstić information content (AvgIpc) is 3.18. The van der Waals surface area contributed by atoms with E-state index < -0.39 is 5.41 Å². The summed E-state index contributed by atoms with van der Waals surface area (Å²) < 4.78 is 2.52. The first-order valence-corrected chi connectivity index (χ1v) is 14.2. The zero-order chi connectivity index (χ0) is 24.0. The standard InChI is InChI=1S/C33H19I2N/c34-21-11-13-25-26-14-12-22(35)18-30(26)33(29(25)17-21)27-15-9-19-5-1-3-7-23(19)31(27)36-32-24-8-4-2-6-20(24)10-16-28(32)33/h1-18,36H. The minimum absolute atomic E-state index is 0.392. The van der Waals surface area contributed by atoms with Crippen LogP contribution in [0, 0.1) is 7.14 Å². The van der Waals surface area contributed by atoms with Crippen LogP contribution in [0.4, 0.5) is 11.4 Å². The van der Waals surface area contributed by atoms with Crippen molar-refractivity contribution in [3.8, 4) is 11.1 Å². The van der Waals surface area contributed by atoms with Gasteiger partial charge in [-0.25, -0.2) is 0 Å². The highest BCUT2D eigenvalue weighted by molar-refractivity contribution is 14.1. The molecular formula is C33H19I2N. The largest absolute Gasteiger partial charge is 0.354 e. The van der Waals surface area contributed by atoms with Crippen molar-refractivity contribution in [1.29, 1.82) is 0 Å². The lowest BCUT2D eigenvalue weighted by atomic mass is 9.64. The Labute approximate surface area is 236 Å². The van der Waals surface area contributed by atoms with Gasteiger partial charge in [0.05, 0.1) is 16.8 Å².